The van der Waals surface area contributed by atoms with Gasteiger partial charge in [-0.3, -0.25) is 4.90 Å². The highest BCUT2D eigenvalue weighted by molar-refractivity contribution is 6.31. The second-order valence-electron chi connectivity index (χ2n) is 7.55. The minimum Gasteiger partial charge on any atom is -0.333 e. The van der Waals surface area contributed by atoms with Gasteiger partial charge < -0.3 is 9.88 Å². The Morgan fingerprint density at radius 2 is 1.90 bits per heavy atom. The fraction of sp³-hybridized carbons (Fsp3) is 0.571. The summed E-state index contributed by atoms with van der Waals surface area (Å²) < 4.78 is 15.8. The van der Waals surface area contributed by atoms with E-state index in [-0.39, 0.29) is 42.2 Å². The lowest BCUT2D eigenvalue weighted by Gasteiger charge is -2.27. The van der Waals surface area contributed by atoms with E-state index in [0.29, 0.717) is 12.0 Å². The Hall–Kier alpha value is -0.560. The van der Waals surface area contributed by atoms with Crippen LogP contribution >= 0.6 is 48.8 Å². The summed E-state index contributed by atoms with van der Waals surface area (Å²) in [6, 6.07) is 5.36. The molecule has 1 aromatic heterocycles. The molecule has 1 N–H and O–H groups in total. The van der Waals surface area contributed by atoms with Crippen molar-refractivity contribution in [2.24, 2.45) is 0 Å². The molecule has 0 aliphatic carbocycles. The molecule has 4 nitrogen and oxygen atoms in total. The topological polar surface area (TPSA) is 33.1 Å². The van der Waals surface area contributed by atoms with E-state index in [1.807, 2.05) is 0 Å². The third-order valence-corrected chi connectivity index (χ3v) is 5.78. The van der Waals surface area contributed by atoms with Crippen molar-refractivity contribution in [2.75, 3.05) is 26.2 Å². The number of aromatic nitrogens is 2. The van der Waals surface area contributed by atoms with Gasteiger partial charge in [0.1, 0.15) is 11.6 Å². The van der Waals surface area contributed by atoms with Gasteiger partial charge in [0.05, 0.1) is 10.7 Å². The zero-order valence-corrected chi connectivity index (χ0v) is 20.9. The smallest absolute Gasteiger partial charge is 0.141 e. The molecule has 0 spiro atoms. The lowest BCUT2D eigenvalue weighted by atomic mass is 9.97. The molecule has 1 aliphatic heterocycles. The monoisotopic (exact) mass is 500 g/mol. The van der Waals surface area contributed by atoms with Gasteiger partial charge in [0.25, 0.3) is 0 Å². The van der Waals surface area contributed by atoms with Gasteiger partial charge in [-0.05, 0) is 64.5 Å². The average Bonchev–Trinajstić information content (AvgIpc) is 3.09. The molecular formula is C21H33Cl4FN4. The zero-order chi connectivity index (χ0) is 19.4. The summed E-state index contributed by atoms with van der Waals surface area (Å²) in [7, 11) is 0. The van der Waals surface area contributed by atoms with Gasteiger partial charge in [-0.2, -0.15) is 0 Å². The molecule has 0 saturated carbocycles. The summed E-state index contributed by atoms with van der Waals surface area (Å²) >= 11 is 5.99. The number of rotatable bonds is 7. The van der Waals surface area contributed by atoms with Crippen LogP contribution in [-0.4, -0.2) is 46.7 Å². The molecule has 1 aromatic carbocycles. The van der Waals surface area contributed by atoms with Crippen LogP contribution < -0.4 is 5.32 Å². The number of likely N-dealkylation sites (N-methyl/N-ethyl adjacent to an activating group) is 1. The summed E-state index contributed by atoms with van der Waals surface area (Å²) in [5.74, 6) is 1.21. The predicted molar refractivity (Wildman–Crippen MR) is 132 cm³/mol. The molecule has 2 aromatic rings. The third kappa shape index (κ3) is 7.25. The van der Waals surface area contributed by atoms with Crippen LogP contribution in [0.1, 0.15) is 45.4 Å². The molecule has 1 fully saturated rings. The first-order valence-electron chi connectivity index (χ1n) is 9.96. The van der Waals surface area contributed by atoms with Gasteiger partial charge >= 0.3 is 0 Å². The van der Waals surface area contributed by atoms with Crippen molar-refractivity contribution in [3.05, 3.63) is 41.1 Å². The Kier molecular flexibility index (Phi) is 13.5. The summed E-state index contributed by atoms with van der Waals surface area (Å²) in [6.45, 7) is 11.7. The number of hydrogen-bond acceptors (Lipinski definition) is 3. The van der Waals surface area contributed by atoms with E-state index in [9.17, 15) is 4.39 Å². The molecule has 30 heavy (non-hydrogen) atoms. The highest BCUT2D eigenvalue weighted by Gasteiger charge is 2.22. The first kappa shape index (κ1) is 29.4. The van der Waals surface area contributed by atoms with Crippen molar-refractivity contribution in [3.63, 3.8) is 0 Å². The molecule has 0 atom stereocenters. The van der Waals surface area contributed by atoms with E-state index in [2.05, 4.69) is 41.8 Å². The third-order valence-electron chi connectivity index (χ3n) is 5.49. The van der Waals surface area contributed by atoms with Crippen LogP contribution in [0.15, 0.2) is 24.4 Å². The average molecular weight is 502 g/mol. The summed E-state index contributed by atoms with van der Waals surface area (Å²) in [5, 5.41) is 3.57. The predicted octanol–water partition coefficient (Wildman–Crippen LogP) is 5.81. The molecule has 172 valence electrons. The fourth-order valence-corrected chi connectivity index (χ4v) is 4.01. The van der Waals surface area contributed by atoms with Gasteiger partial charge in [0.15, 0.2) is 0 Å². The number of imidazole rings is 1. The molecule has 1 saturated heterocycles. The van der Waals surface area contributed by atoms with Gasteiger partial charge in [-0.1, -0.05) is 18.5 Å². The zero-order valence-electron chi connectivity index (χ0n) is 17.7. The molecule has 0 amide bonds. The second-order valence-corrected chi connectivity index (χ2v) is 7.96. The van der Waals surface area contributed by atoms with Gasteiger partial charge in [-0.25, -0.2) is 9.37 Å². The van der Waals surface area contributed by atoms with Gasteiger partial charge in [0.2, 0.25) is 0 Å². The number of benzene rings is 1. The highest BCUT2D eigenvalue weighted by atomic mass is 35.5. The summed E-state index contributed by atoms with van der Waals surface area (Å²) in [5.41, 5.74) is 1.74. The first-order valence-corrected chi connectivity index (χ1v) is 10.3. The second kappa shape index (κ2) is 13.8. The lowest BCUT2D eigenvalue weighted by molar-refractivity contribution is 0.223. The molecule has 1 aliphatic rings. The Balaban J connectivity index is 0.00000280. The summed E-state index contributed by atoms with van der Waals surface area (Å²) in [6.07, 6.45) is 4.31. The maximum absolute atomic E-state index is 13.5. The molecule has 3 rings (SSSR count). The van der Waals surface area contributed by atoms with Crippen LogP contribution in [0.2, 0.25) is 5.02 Å². The Morgan fingerprint density at radius 3 is 2.47 bits per heavy atom. The SMILES string of the molecule is CCN(CCn1cc(-c2ccc(F)c(Cl)c2)nc1C1CCNCC1)C(C)C.Cl.Cl.Cl. The number of halogens is 5. The van der Waals surface area contributed by atoms with Crippen molar-refractivity contribution in [1.29, 1.82) is 0 Å². The maximum atomic E-state index is 13.5. The molecule has 0 bridgehead atoms. The quantitative estimate of drug-likeness (QED) is 0.519. The first-order chi connectivity index (χ1) is 13.0. The fourth-order valence-electron chi connectivity index (χ4n) is 3.83. The molecular weight excluding hydrogens is 469 g/mol. The molecule has 0 unspecified atom stereocenters. The minimum absolute atomic E-state index is 0. The number of nitrogens with zero attached hydrogens (tertiary/aromatic N) is 3. The Labute approximate surface area is 203 Å². The Morgan fingerprint density at radius 1 is 1.23 bits per heavy atom. The van der Waals surface area contributed by atoms with Crippen LogP contribution in [0, 0.1) is 5.82 Å². The maximum Gasteiger partial charge on any atom is 0.141 e. The highest BCUT2D eigenvalue weighted by Crippen LogP contribution is 2.29. The number of piperidine rings is 1. The lowest BCUT2D eigenvalue weighted by Crippen LogP contribution is -2.34. The van der Waals surface area contributed by atoms with Crippen LogP contribution in [0.25, 0.3) is 11.3 Å². The van der Waals surface area contributed by atoms with Crippen molar-refractivity contribution in [1.82, 2.24) is 19.8 Å². The standard InChI is InChI=1S/C21H30ClFN4.3ClH/c1-4-26(15(2)3)11-12-27-14-20(17-5-6-19(23)18(22)13-17)25-21(27)16-7-9-24-10-8-16;;;/h5-6,13-16,24H,4,7-12H2,1-3H3;3*1H. The van der Waals surface area contributed by atoms with Crippen LogP contribution in [0.5, 0.6) is 0 Å². The van der Waals surface area contributed by atoms with Crippen molar-refractivity contribution in [3.8, 4) is 11.3 Å². The van der Waals surface area contributed by atoms with Crippen LogP contribution in [-0.2, 0) is 6.54 Å². The molecule has 2 heterocycles. The Bertz CT molecular complexity index is 763. The molecule has 0 radical (unpaired) electrons. The van der Waals surface area contributed by atoms with Crippen molar-refractivity contribution >= 4 is 48.8 Å². The van der Waals surface area contributed by atoms with E-state index >= 15 is 0 Å². The normalized spacial score (nSPS) is 14.2. The van der Waals surface area contributed by atoms with E-state index in [1.165, 1.54) is 6.07 Å². The van der Waals surface area contributed by atoms with Crippen LogP contribution in [0.3, 0.4) is 0 Å². The van der Waals surface area contributed by atoms with Crippen molar-refractivity contribution in [2.45, 2.75) is 52.1 Å². The van der Waals surface area contributed by atoms with E-state index in [4.69, 9.17) is 16.6 Å². The van der Waals surface area contributed by atoms with Crippen LogP contribution in [0.4, 0.5) is 4.39 Å². The van der Waals surface area contributed by atoms with E-state index in [1.54, 1.807) is 12.1 Å². The van der Waals surface area contributed by atoms with Crippen molar-refractivity contribution < 1.29 is 4.39 Å². The minimum atomic E-state index is -0.394. The van der Waals surface area contributed by atoms with Gasteiger partial charge in [0, 0.05) is 36.8 Å². The number of hydrogen-bond donors (Lipinski definition) is 1. The number of nitrogens with one attached hydrogen (secondary N) is 1. The molecule has 9 heteroatoms. The largest absolute Gasteiger partial charge is 0.333 e. The van der Waals surface area contributed by atoms with E-state index in [0.717, 1.165) is 62.6 Å². The van der Waals surface area contributed by atoms with E-state index < -0.39 is 5.82 Å². The summed E-state index contributed by atoms with van der Waals surface area (Å²) in [4.78, 5) is 7.42. The van der Waals surface area contributed by atoms with Gasteiger partial charge in [-0.15, -0.1) is 37.2 Å².